The molecule has 0 aliphatic heterocycles. The lowest BCUT2D eigenvalue weighted by atomic mass is 9.96. The second-order valence-corrected chi connectivity index (χ2v) is 5.39. The van der Waals surface area contributed by atoms with Gasteiger partial charge in [0.25, 0.3) is 0 Å². The lowest BCUT2D eigenvalue weighted by molar-refractivity contribution is 0.387. The molecule has 0 atom stereocenters. The molecule has 1 aromatic heterocycles. The fraction of sp³-hybridized carbons (Fsp3) is 0.688. The minimum Gasteiger partial charge on any atom is -0.308 e. The summed E-state index contributed by atoms with van der Waals surface area (Å²) < 4.78 is 0. The number of aromatic nitrogens is 1. The fourth-order valence-electron chi connectivity index (χ4n) is 2.85. The molecule has 0 radical (unpaired) electrons. The second kappa shape index (κ2) is 7.52. The normalized spacial score (nSPS) is 18.3. The van der Waals surface area contributed by atoms with Crippen LogP contribution in [0.15, 0.2) is 18.3 Å². The number of nitrogens with one attached hydrogen (secondary N) is 1. The highest BCUT2D eigenvalue weighted by atomic mass is 14.9. The molecule has 100 valence electrons. The van der Waals surface area contributed by atoms with Crippen LogP contribution in [-0.4, -0.2) is 11.0 Å². The van der Waals surface area contributed by atoms with Gasteiger partial charge in [0.05, 0.1) is 5.69 Å². The second-order valence-electron chi connectivity index (χ2n) is 5.39. The van der Waals surface area contributed by atoms with Crippen LogP contribution >= 0.6 is 0 Å². The van der Waals surface area contributed by atoms with Crippen LogP contribution in [0.4, 0.5) is 0 Å². The van der Waals surface area contributed by atoms with Gasteiger partial charge in [0, 0.05) is 18.8 Å². The van der Waals surface area contributed by atoms with Crippen molar-refractivity contribution in [3.8, 4) is 0 Å². The number of hydrogen-bond acceptors (Lipinski definition) is 2. The minimum atomic E-state index is 0.706. The highest BCUT2D eigenvalue weighted by Crippen LogP contribution is 2.17. The Balaban J connectivity index is 1.85. The third-order valence-electron chi connectivity index (χ3n) is 4.03. The van der Waals surface area contributed by atoms with Gasteiger partial charge in [0.2, 0.25) is 0 Å². The SMILES string of the molecule is CCc1cccnc1CNC1CCCCCCC1. The molecule has 1 fully saturated rings. The molecule has 0 bridgehead atoms. The minimum absolute atomic E-state index is 0.706. The molecule has 0 aromatic carbocycles. The van der Waals surface area contributed by atoms with E-state index in [2.05, 4.69) is 23.3 Å². The van der Waals surface area contributed by atoms with E-state index >= 15 is 0 Å². The molecule has 2 heteroatoms. The summed E-state index contributed by atoms with van der Waals surface area (Å²) in [5.41, 5.74) is 2.62. The highest BCUT2D eigenvalue weighted by Gasteiger charge is 2.11. The average molecular weight is 246 g/mol. The van der Waals surface area contributed by atoms with Gasteiger partial charge >= 0.3 is 0 Å². The van der Waals surface area contributed by atoms with E-state index in [-0.39, 0.29) is 0 Å². The van der Waals surface area contributed by atoms with E-state index < -0.39 is 0 Å². The van der Waals surface area contributed by atoms with Gasteiger partial charge in [-0.05, 0) is 30.9 Å². The molecule has 0 amide bonds. The summed E-state index contributed by atoms with van der Waals surface area (Å²) in [6.45, 7) is 3.14. The van der Waals surface area contributed by atoms with Crippen molar-refractivity contribution >= 4 is 0 Å². The molecule has 1 saturated carbocycles. The van der Waals surface area contributed by atoms with Crippen molar-refractivity contribution in [1.82, 2.24) is 10.3 Å². The maximum absolute atomic E-state index is 4.51. The average Bonchev–Trinajstić information content (AvgIpc) is 2.38. The van der Waals surface area contributed by atoms with Gasteiger partial charge in [-0.1, -0.05) is 45.1 Å². The molecule has 18 heavy (non-hydrogen) atoms. The molecule has 1 heterocycles. The number of pyridine rings is 1. The van der Waals surface area contributed by atoms with Gasteiger partial charge in [-0.25, -0.2) is 0 Å². The molecule has 1 aliphatic carbocycles. The van der Waals surface area contributed by atoms with Crippen LogP contribution in [0.1, 0.15) is 63.1 Å². The van der Waals surface area contributed by atoms with Crippen LogP contribution in [-0.2, 0) is 13.0 Å². The Kier molecular flexibility index (Phi) is 5.66. The first-order valence-corrected chi connectivity index (χ1v) is 7.56. The Bertz CT molecular complexity index is 341. The van der Waals surface area contributed by atoms with Crippen LogP contribution in [0.25, 0.3) is 0 Å². The standard InChI is InChI=1S/C16H26N2/c1-2-14-9-8-12-17-16(14)13-18-15-10-6-4-3-5-7-11-15/h8-9,12,15,18H,2-7,10-11,13H2,1H3. The topological polar surface area (TPSA) is 24.9 Å². The zero-order valence-electron chi connectivity index (χ0n) is 11.6. The van der Waals surface area contributed by atoms with E-state index in [9.17, 15) is 0 Å². The van der Waals surface area contributed by atoms with E-state index in [0.29, 0.717) is 6.04 Å². The Morgan fingerprint density at radius 1 is 1.17 bits per heavy atom. The first kappa shape index (κ1) is 13.5. The summed E-state index contributed by atoms with van der Waals surface area (Å²) in [6.07, 6.45) is 12.7. The Hall–Kier alpha value is -0.890. The van der Waals surface area contributed by atoms with Gasteiger partial charge in [-0.15, -0.1) is 0 Å². The van der Waals surface area contributed by atoms with Crippen LogP contribution in [0.5, 0.6) is 0 Å². The molecule has 2 nitrogen and oxygen atoms in total. The third-order valence-corrected chi connectivity index (χ3v) is 4.03. The maximum atomic E-state index is 4.51. The van der Waals surface area contributed by atoms with Gasteiger partial charge in [0.1, 0.15) is 0 Å². The van der Waals surface area contributed by atoms with Crippen molar-refractivity contribution in [2.45, 2.75) is 70.9 Å². The number of hydrogen-bond donors (Lipinski definition) is 1. The predicted molar refractivity (Wildman–Crippen MR) is 76.6 cm³/mol. The number of aryl methyl sites for hydroxylation is 1. The van der Waals surface area contributed by atoms with Gasteiger partial charge in [-0.3, -0.25) is 4.98 Å². The van der Waals surface area contributed by atoms with Crippen LogP contribution in [0, 0.1) is 0 Å². The van der Waals surface area contributed by atoms with E-state index in [0.717, 1.165) is 13.0 Å². The van der Waals surface area contributed by atoms with Crippen LogP contribution in [0.3, 0.4) is 0 Å². The quantitative estimate of drug-likeness (QED) is 0.873. The Morgan fingerprint density at radius 3 is 2.61 bits per heavy atom. The Morgan fingerprint density at radius 2 is 1.89 bits per heavy atom. The van der Waals surface area contributed by atoms with E-state index in [1.54, 1.807) is 0 Å². The third kappa shape index (κ3) is 4.09. The lowest BCUT2D eigenvalue weighted by Crippen LogP contribution is -2.30. The van der Waals surface area contributed by atoms with Crippen LogP contribution in [0.2, 0.25) is 0 Å². The Labute approximate surface area is 111 Å². The monoisotopic (exact) mass is 246 g/mol. The maximum Gasteiger partial charge on any atom is 0.0573 e. The summed E-state index contributed by atoms with van der Waals surface area (Å²) in [7, 11) is 0. The highest BCUT2D eigenvalue weighted by molar-refractivity contribution is 5.19. The molecule has 0 saturated heterocycles. The van der Waals surface area contributed by atoms with Crippen molar-refractivity contribution in [3.05, 3.63) is 29.6 Å². The number of nitrogens with zero attached hydrogens (tertiary/aromatic N) is 1. The zero-order chi connectivity index (χ0) is 12.6. The van der Waals surface area contributed by atoms with Gasteiger partial charge < -0.3 is 5.32 Å². The molecule has 0 unspecified atom stereocenters. The smallest absolute Gasteiger partial charge is 0.0573 e. The van der Waals surface area contributed by atoms with Crippen molar-refractivity contribution in [3.63, 3.8) is 0 Å². The zero-order valence-corrected chi connectivity index (χ0v) is 11.6. The fourth-order valence-corrected chi connectivity index (χ4v) is 2.85. The first-order chi connectivity index (χ1) is 8.90. The largest absolute Gasteiger partial charge is 0.308 e. The molecular weight excluding hydrogens is 220 g/mol. The summed E-state index contributed by atoms with van der Waals surface area (Å²) in [4.78, 5) is 4.51. The molecule has 1 aromatic rings. The summed E-state index contributed by atoms with van der Waals surface area (Å²) in [5.74, 6) is 0. The van der Waals surface area contributed by atoms with Crippen molar-refractivity contribution in [2.24, 2.45) is 0 Å². The summed E-state index contributed by atoms with van der Waals surface area (Å²) in [6, 6.07) is 4.94. The van der Waals surface area contributed by atoms with E-state index in [4.69, 9.17) is 0 Å². The number of rotatable bonds is 4. The van der Waals surface area contributed by atoms with Gasteiger partial charge in [0.15, 0.2) is 0 Å². The van der Waals surface area contributed by atoms with Crippen LogP contribution < -0.4 is 5.32 Å². The predicted octanol–water partition coefficient (Wildman–Crippen LogP) is 3.85. The first-order valence-electron chi connectivity index (χ1n) is 7.56. The molecule has 0 spiro atoms. The van der Waals surface area contributed by atoms with Crippen molar-refractivity contribution in [1.29, 1.82) is 0 Å². The summed E-state index contributed by atoms with van der Waals surface area (Å²) >= 11 is 0. The molecule has 1 aliphatic rings. The summed E-state index contributed by atoms with van der Waals surface area (Å²) in [5, 5.41) is 3.72. The molecule has 1 N–H and O–H groups in total. The van der Waals surface area contributed by atoms with E-state index in [1.807, 2.05) is 12.3 Å². The molecule has 2 rings (SSSR count). The van der Waals surface area contributed by atoms with Crippen molar-refractivity contribution < 1.29 is 0 Å². The van der Waals surface area contributed by atoms with Gasteiger partial charge in [-0.2, -0.15) is 0 Å². The van der Waals surface area contributed by atoms with E-state index in [1.165, 1.54) is 56.2 Å². The lowest BCUT2D eigenvalue weighted by Gasteiger charge is -2.21. The van der Waals surface area contributed by atoms with Crippen molar-refractivity contribution in [2.75, 3.05) is 0 Å². The molecular formula is C16H26N2.